The summed E-state index contributed by atoms with van der Waals surface area (Å²) in [6, 6.07) is 0.529. The molecule has 1 fully saturated rings. The quantitative estimate of drug-likeness (QED) is 0.773. The summed E-state index contributed by atoms with van der Waals surface area (Å²) in [6.07, 6.45) is 4.73. The second kappa shape index (κ2) is 4.57. The van der Waals surface area contributed by atoms with Crippen LogP contribution in [0.1, 0.15) is 6.42 Å². The van der Waals surface area contributed by atoms with Gasteiger partial charge < -0.3 is 11.1 Å². The molecule has 1 aromatic heterocycles. The number of rotatable bonds is 4. The van der Waals surface area contributed by atoms with Crippen molar-refractivity contribution in [1.82, 2.24) is 9.78 Å². The number of amides is 1. The third-order valence-corrected chi connectivity index (χ3v) is 3.41. The second-order valence-electron chi connectivity index (χ2n) is 3.60. The van der Waals surface area contributed by atoms with Crippen molar-refractivity contribution >= 4 is 23.4 Å². The van der Waals surface area contributed by atoms with Crippen LogP contribution in [0.4, 0.5) is 5.69 Å². The topological polar surface area (TPSA) is 72.9 Å². The molecule has 2 rings (SSSR count). The van der Waals surface area contributed by atoms with Crippen LogP contribution in [0, 0.1) is 0 Å². The van der Waals surface area contributed by atoms with E-state index in [9.17, 15) is 4.79 Å². The molecule has 1 aromatic rings. The average Bonchev–Trinajstić information content (AvgIpc) is 2.77. The molecule has 1 aliphatic rings. The Labute approximate surface area is 92.4 Å². The third kappa shape index (κ3) is 2.89. The molecule has 2 heterocycles. The van der Waals surface area contributed by atoms with Crippen molar-refractivity contribution in [3.05, 3.63) is 12.4 Å². The van der Waals surface area contributed by atoms with Crippen LogP contribution in [0.25, 0.3) is 0 Å². The molecule has 6 heteroatoms. The van der Waals surface area contributed by atoms with Gasteiger partial charge in [-0.25, -0.2) is 0 Å². The first-order chi connectivity index (χ1) is 7.24. The van der Waals surface area contributed by atoms with E-state index in [-0.39, 0.29) is 12.5 Å². The van der Waals surface area contributed by atoms with E-state index in [4.69, 9.17) is 5.73 Å². The Hall–Kier alpha value is -1.17. The largest absolute Gasteiger partial charge is 0.379 e. The third-order valence-electron chi connectivity index (χ3n) is 2.25. The van der Waals surface area contributed by atoms with Gasteiger partial charge in [0, 0.05) is 18.0 Å². The smallest absolute Gasteiger partial charge is 0.239 e. The number of hydrogen-bond donors (Lipinski definition) is 2. The first-order valence-corrected chi connectivity index (χ1v) is 6.04. The van der Waals surface area contributed by atoms with Crippen molar-refractivity contribution in [2.24, 2.45) is 5.73 Å². The van der Waals surface area contributed by atoms with Crippen molar-refractivity contribution < 1.29 is 4.79 Å². The molecule has 0 saturated carbocycles. The molecule has 1 saturated heterocycles. The van der Waals surface area contributed by atoms with Crippen LogP contribution in [0.5, 0.6) is 0 Å². The lowest BCUT2D eigenvalue weighted by molar-refractivity contribution is -0.118. The van der Waals surface area contributed by atoms with Crippen molar-refractivity contribution in [2.45, 2.75) is 19.0 Å². The summed E-state index contributed by atoms with van der Waals surface area (Å²) in [5.74, 6) is 1.98. The molecule has 82 valence electrons. The minimum atomic E-state index is -0.374. The molecule has 0 aromatic carbocycles. The molecule has 5 nitrogen and oxygen atoms in total. The van der Waals surface area contributed by atoms with Crippen LogP contribution in [0.15, 0.2) is 12.4 Å². The van der Waals surface area contributed by atoms with Crippen molar-refractivity contribution in [2.75, 3.05) is 16.8 Å². The zero-order chi connectivity index (χ0) is 10.7. The number of carbonyl (C=O) groups is 1. The van der Waals surface area contributed by atoms with E-state index in [0.717, 1.165) is 11.4 Å². The normalized spacial score (nSPS) is 20.4. The van der Waals surface area contributed by atoms with E-state index < -0.39 is 0 Å². The Morgan fingerprint density at radius 2 is 2.67 bits per heavy atom. The Morgan fingerprint density at radius 3 is 3.33 bits per heavy atom. The van der Waals surface area contributed by atoms with Gasteiger partial charge in [-0.2, -0.15) is 16.9 Å². The van der Waals surface area contributed by atoms with Gasteiger partial charge in [-0.05, 0) is 12.2 Å². The Kier molecular flexibility index (Phi) is 3.15. The van der Waals surface area contributed by atoms with E-state index in [1.165, 1.54) is 12.2 Å². The molecule has 15 heavy (non-hydrogen) atoms. The van der Waals surface area contributed by atoms with Gasteiger partial charge in [-0.1, -0.05) is 0 Å². The molecular formula is C9H14N4OS. The van der Waals surface area contributed by atoms with Gasteiger partial charge in [0.25, 0.3) is 0 Å². The highest BCUT2D eigenvalue weighted by atomic mass is 32.2. The van der Waals surface area contributed by atoms with Gasteiger partial charge in [-0.15, -0.1) is 0 Å². The highest BCUT2D eigenvalue weighted by Gasteiger charge is 2.15. The number of anilines is 1. The van der Waals surface area contributed by atoms with Crippen LogP contribution in [-0.2, 0) is 11.3 Å². The molecular weight excluding hydrogens is 212 g/mol. The minimum absolute atomic E-state index is 0.140. The van der Waals surface area contributed by atoms with Crippen LogP contribution < -0.4 is 11.1 Å². The van der Waals surface area contributed by atoms with Crippen molar-refractivity contribution in [1.29, 1.82) is 0 Å². The zero-order valence-electron chi connectivity index (χ0n) is 8.35. The molecule has 1 amide bonds. The predicted octanol–water partition coefficient (Wildman–Crippen LogP) is 0.286. The minimum Gasteiger partial charge on any atom is -0.379 e. The van der Waals surface area contributed by atoms with Gasteiger partial charge in [0.15, 0.2) is 0 Å². The maximum atomic E-state index is 10.7. The maximum absolute atomic E-state index is 10.7. The Morgan fingerprint density at radius 1 is 1.80 bits per heavy atom. The molecule has 1 aliphatic heterocycles. The monoisotopic (exact) mass is 226 g/mol. The highest BCUT2D eigenvalue weighted by molar-refractivity contribution is 7.99. The summed E-state index contributed by atoms with van der Waals surface area (Å²) in [7, 11) is 0. The van der Waals surface area contributed by atoms with Gasteiger partial charge >= 0.3 is 0 Å². The number of primary amides is 1. The van der Waals surface area contributed by atoms with E-state index >= 15 is 0 Å². The van der Waals surface area contributed by atoms with Crippen LogP contribution in [-0.4, -0.2) is 33.2 Å². The standard InChI is InChI=1S/C9H14N4OS/c10-9(14)5-13-4-8(3-11-13)12-7-1-2-15-6-7/h3-4,7,12H,1-2,5-6H2,(H2,10,14). The fraction of sp³-hybridized carbons (Fsp3) is 0.556. The number of nitrogens with zero attached hydrogens (tertiary/aromatic N) is 2. The molecule has 3 N–H and O–H groups in total. The summed E-state index contributed by atoms with van der Waals surface area (Å²) in [4.78, 5) is 10.7. The molecule has 0 radical (unpaired) electrons. The fourth-order valence-electron chi connectivity index (χ4n) is 1.57. The van der Waals surface area contributed by atoms with Crippen LogP contribution in [0.2, 0.25) is 0 Å². The number of aromatic nitrogens is 2. The van der Waals surface area contributed by atoms with Crippen LogP contribution in [0.3, 0.4) is 0 Å². The second-order valence-corrected chi connectivity index (χ2v) is 4.75. The molecule has 0 bridgehead atoms. The van der Waals surface area contributed by atoms with Gasteiger partial charge in [0.1, 0.15) is 6.54 Å². The summed E-state index contributed by atoms with van der Waals surface area (Å²) >= 11 is 1.96. The Bertz CT molecular complexity index is 346. The van der Waals surface area contributed by atoms with Crippen LogP contribution >= 0.6 is 11.8 Å². The molecule has 1 atom stereocenters. The van der Waals surface area contributed by atoms with E-state index in [0.29, 0.717) is 6.04 Å². The SMILES string of the molecule is NC(=O)Cn1cc(NC2CCSC2)cn1. The summed E-state index contributed by atoms with van der Waals surface area (Å²) < 4.78 is 1.55. The number of hydrogen-bond acceptors (Lipinski definition) is 4. The van der Waals surface area contributed by atoms with Gasteiger partial charge in [0.05, 0.1) is 11.9 Å². The van der Waals surface area contributed by atoms with Gasteiger partial charge in [-0.3, -0.25) is 9.48 Å². The fourth-order valence-corrected chi connectivity index (χ4v) is 2.72. The molecule has 1 unspecified atom stereocenters. The maximum Gasteiger partial charge on any atom is 0.239 e. The number of thioether (sulfide) groups is 1. The number of nitrogens with one attached hydrogen (secondary N) is 1. The summed E-state index contributed by atoms with van der Waals surface area (Å²) in [5, 5.41) is 7.42. The van der Waals surface area contributed by atoms with E-state index in [1.807, 2.05) is 18.0 Å². The molecule has 0 aliphatic carbocycles. The highest BCUT2D eigenvalue weighted by Crippen LogP contribution is 2.20. The predicted molar refractivity (Wildman–Crippen MR) is 60.8 cm³/mol. The first-order valence-electron chi connectivity index (χ1n) is 4.89. The average molecular weight is 226 g/mol. The molecule has 0 spiro atoms. The number of nitrogens with two attached hydrogens (primary N) is 1. The van der Waals surface area contributed by atoms with E-state index in [1.54, 1.807) is 10.9 Å². The van der Waals surface area contributed by atoms with Gasteiger partial charge in [0.2, 0.25) is 5.91 Å². The summed E-state index contributed by atoms with van der Waals surface area (Å²) in [5.41, 5.74) is 6.04. The van der Waals surface area contributed by atoms with Crippen molar-refractivity contribution in [3.63, 3.8) is 0 Å². The lowest BCUT2D eigenvalue weighted by Gasteiger charge is -2.09. The summed E-state index contributed by atoms with van der Waals surface area (Å²) in [6.45, 7) is 0.140. The zero-order valence-corrected chi connectivity index (χ0v) is 9.17. The first kappa shape index (κ1) is 10.4. The Balaban J connectivity index is 1.91. The lowest BCUT2D eigenvalue weighted by atomic mass is 10.2. The lowest BCUT2D eigenvalue weighted by Crippen LogP contribution is -2.19. The van der Waals surface area contributed by atoms with E-state index in [2.05, 4.69) is 10.4 Å². The van der Waals surface area contributed by atoms with Crippen molar-refractivity contribution in [3.8, 4) is 0 Å². The number of carbonyl (C=O) groups excluding carboxylic acids is 1.